The van der Waals surface area contributed by atoms with Crippen LogP contribution in [0.3, 0.4) is 0 Å². The van der Waals surface area contributed by atoms with Crippen molar-refractivity contribution in [2.24, 2.45) is 11.3 Å². The minimum absolute atomic E-state index is 0.0360. The lowest BCUT2D eigenvalue weighted by molar-refractivity contribution is 0.00630. The minimum Gasteiger partial charge on any atom is -0.393 e. The molecule has 2 saturated heterocycles. The predicted octanol–water partition coefficient (Wildman–Crippen LogP) is 2.78. The van der Waals surface area contributed by atoms with Crippen LogP contribution in [-0.4, -0.2) is 47.3 Å². The Bertz CT molecular complexity index is 343. The molecule has 3 heteroatoms. The van der Waals surface area contributed by atoms with E-state index in [2.05, 4.69) is 31.0 Å². The first-order chi connectivity index (χ1) is 10.0. The monoisotopic (exact) mass is 294 g/mol. The van der Waals surface area contributed by atoms with E-state index in [1.165, 1.54) is 38.6 Å². The summed E-state index contributed by atoms with van der Waals surface area (Å²) >= 11 is 0. The second kappa shape index (κ2) is 6.17. The average molecular weight is 294 g/mol. The van der Waals surface area contributed by atoms with E-state index in [-0.39, 0.29) is 6.10 Å². The largest absolute Gasteiger partial charge is 0.393 e. The fourth-order valence-corrected chi connectivity index (χ4v) is 5.45. The summed E-state index contributed by atoms with van der Waals surface area (Å²) in [5, 5.41) is 13.8. The zero-order valence-corrected chi connectivity index (χ0v) is 14.1. The molecule has 2 aliphatic heterocycles. The summed E-state index contributed by atoms with van der Waals surface area (Å²) in [7, 11) is 0. The summed E-state index contributed by atoms with van der Waals surface area (Å²) < 4.78 is 0. The van der Waals surface area contributed by atoms with Crippen LogP contribution in [0.4, 0.5) is 0 Å². The molecule has 2 bridgehead atoms. The highest BCUT2D eigenvalue weighted by atomic mass is 16.3. The van der Waals surface area contributed by atoms with Crippen LogP contribution in [-0.2, 0) is 0 Å². The van der Waals surface area contributed by atoms with E-state index in [1.54, 1.807) is 0 Å². The Morgan fingerprint density at radius 1 is 1.14 bits per heavy atom. The zero-order valence-electron chi connectivity index (χ0n) is 14.1. The molecule has 21 heavy (non-hydrogen) atoms. The standard InChI is InChI=1S/C18H34N2O/c1-4-19-17-13(6-5-9-18(17,2)3)12-20-14-7-8-15(20)11-16(21)10-14/h13-17,19,21H,4-12H2,1-3H3. The fourth-order valence-electron chi connectivity index (χ4n) is 5.45. The number of rotatable bonds is 4. The lowest BCUT2D eigenvalue weighted by Crippen LogP contribution is -2.55. The third kappa shape index (κ3) is 3.16. The van der Waals surface area contributed by atoms with Gasteiger partial charge in [-0.25, -0.2) is 0 Å². The Balaban J connectivity index is 1.68. The highest BCUT2D eigenvalue weighted by Gasteiger charge is 2.44. The number of piperidine rings is 1. The van der Waals surface area contributed by atoms with E-state index in [0.29, 0.717) is 23.5 Å². The van der Waals surface area contributed by atoms with E-state index >= 15 is 0 Å². The van der Waals surface area contributed by atoms with Gasteiger partial charge in [0.15, 0.2) is 0 Å². The molecule has 0 aromatic heterocycles. The summed E-state index contributed by atoms with van der Waals surface area (Å²) in [6.07, 6.45) is 8.72. The molecule has 3 fully saturated rings. The van der Waals surface area contributed by atoms with Crippen LogP contribution < -0.4 is 5.32 Å². The van der Waals surface area contributed by atoms with Gasteiger partial charge in [0.25, 0.3) is 0 Å². The molecule has 0 spiro atoms. The maximum absolute atomic E-state index is 9.99. The first-order valence-electron chi connectivity index (χ1n) is 9.18. The molecule has 4 atom stereocenters. The maximum Gasteiger partial charge on any atom is 0.0570 e. The second-order valence-corrected chi connectivity index (χ2v) is 8.38. The Labute approximate surface area is 130 Å². The van der Waals surface area contributed by atoms with Crippen LogP contribution in [0.5, 0.6) is 0 Å². The smallest absolute Gasteiger partial charge is 0.0570 e. The summed E-state index contributed by atoms with van der Waals surface area (Å²) in [6, 6.07) is 1.97. The molecular formula is C18H34N2O. The number of nitrogens with one attached hydrogen (secondary N) is 1. The molecule has 122 valence electrons. The Morgan fingerprint density at radius 3 is 2.43 bits per heavy atom. The van der Waals surface area contributed by atoms with Crippen molar-refractivity contribution < 1.29 is 5.11 Å². The van der Waals surface area contributed by atoms with Crippen molar-refractivity contribution in [1.82, 2.24) is 10.2 Å². The topological polar surface area (TPSA) is 35.5 Å². The molecule has 4 unspecified atom stereocenters. The van der Waals surface area contributed by atoms with Crippen LogP contribution in [0, 0.1) is 11.3 Å². The van der Waals surface area contributed by atoms with Crippen molar-refractivity contribution >= 4 is 0 Å². The molecule has 0 aromatic carbocycles. The summed E-state index contributed by atoms with van der Waals surface area (Å²) in [4.78, 5) is 2.77. The molecular weight excluding hydrogens is 260 g/mol. The van der Waals surface area contributed by atoms with E-state index in [0.717, 1.165) is 25.3 Å². The number of hydrogen-bond donors (Lipinski definition) is 2. The molecule has 0 amide bonds. The van der Waals surface area contributed by atoms with Crippen molar-refractivity contribution in [2.45, 2.75) is 89.9 Å². The van der Waals surface area contributed by atoms with Gasteiger partial charge in [0.2, 0.25) is 0 Å². The van der Waals surface area contributed by atoms with E-state index in [9.17, 15) is 5.11 Å². The molecule has 0 radical (unpaired) electrons. The molecule has 2 N–H and O–H groups in total. The summed E-state index contributed by atoms with van der Waals surface area (Å²) in [5.74, 6) is 0.784. The quantitative estimate of drug-likeness (QED) is 0.837. The van der Waals surface area contributed by atoms with Gasteiger partial charge in [-0.15, -0.1) is 0 Å². The first-order valence-corrected chi connectivity index (χ1v) is 9.18. The molecule has 2 heterocycles. The van der Waals surface area contributed by atoms with Crippen molar-refractivity contribution in [3.8, 4) is 0 Å². The summed E-state index contributed by atoms with van der Waals surface area (Å²) in [6.45, 7) is 9.46. The van der Waals surface area contributed by atoms with Gasteiger partial charge in [0, 0.05) is 24.7 Å². The lowest BCUT2D eigenvalue weighted by Gasteiger charge is -2.48. The van der Waals surface area contributed by atoms with Crippen molar-refractivity contribution in [2.75, 3.05) is 13.1 Å². The van der Waals surface area contributed by atoms with Crippen LogP contribution in [0.2, 0.25) is 0 Å². The molecule has 1 saturated carbocycles. The van der Waals surface area contributed by atoms with E-state index in [1.807, 2.05) is 0 Å². The van der Waals surface area contributed by atoms with Gasteiger partial charge >= 0.3 is 0 Å². The van der Waals surface area contributed by atoms with Crippen LogP contribution in [0.1, 0.15) is 65.7 Å². The molecule has 1 aliphatic carbocycles. The Morgan fingerprint density at radius 2 is 1.81 bits per heavy atom. The number of aliphatic hydroxyl groups excluding tert-OH is 1. The maximum atomic E-state index is 9.99. The molecule has 3 aliphatic rings. The van der Waals surface area contributed by atoms with Gasteiger partial charge in [0.05, 0.1) is 6.10 Å². The molecule has 3 rings (SSSR count). The highest BCUT2D eigenvalue weighted by molar-refractivity contribution is 5.00. The molecule has 3 nitrogen and oxygen atoms in total. The average Bonchev–Trinajstić information content (AvgIpc) is 2.66. The fraction of sp³-hybridized carbons (Fsp3) is 1.00. The van der Waals surface area contributed by atoms with Gasteiger partial charge in [0.1, 0.15) is 0 Å². The highest BCUT2D eigenvalue weighted by Crippen LogP contribution is 2.42. The number of fused-ring (bicyclic) bond motifs is 2. The van der Waals surface area contributed by atoms with Crippen LogP contribution in [0.25, 0.3) is 0 Å². The third-order valence-electron chi connectivity index (χ3n) is 6.44. The first kappa shape index (κ1) is 15.8. The van der Waals surface area contributed by atoms with Crippen molar-refractivity contribution in [3.63, 3.8) is 0 Å². The summed E-state index contributed by atoms with van der Waals surface area (Å²) in [5.41, 5.74) is 0.424. The van der Waals surface area contributed by atoms with Crippen molar-refractivity contribution in [1.29, 1.82) is 0 Å². The SMILES string of the molecule is CCNC1C(CN2C3CCC2CC(O)C3)CCCC1(C)C. The Hall–Kier alpha value is -0.120. The Kier molecular flexibility index (Phi) is 4.63. The van der Waals surface area contributed by atoms with Gasteiger partial charge in [-0.1, -0.05) is 27.2 Å². The van der Waals surface area contributed by atoms with Crippen LogP contribution in [0.15, 0.2) is 0 Å². The van der Waals surface area contributed by atoms with Gasteiger partial charge in [-0.2, -0.15) is 0 Å². The second-order valence-electron chi connectivity index (χ2n) is 8.38. The van der Waals surface area contributed by atoms with Gasteiger partial charge < -0.3 is 10.4 Å². The zero-order chi connectivity index (χ0) is 15.0. The molecule has 0 aromatic rings. The van der Waals surface area contributed by atoms with Crippen LogP contribution >= 0.6 is 0 Å². The number of nitrogens with zero attached hydrogens (tertiary/aromatic N) is 1. The van der Waals surface area contributed by atoms with Crippen molar-refractivity contribution in [3.05, 3.63) is 0 Å². The number of aliphatic hydroxyl groups is 1. The lowest BCUT2D eigenvalue weighted by atomic mass is 9.67. The minimum atomic E-state index is -0.0360. The van der Waals surface area contributed by atoms with Gasteiger partial charge in [-0.05, 0) is 56.4 Å². The normalized spacial score (nSPS) is 43.1. The third-order valence-corrected chi connectivity index (χ3v) is 6.44. The van der Waals surface area contributed by atoms with E-state index in [4.69, 9.17) is 0 Å². The van der Waals surface area contributed by atoms with Gasteiger partial charge in [-0.3, -0.25) is 4.90 Å². The predicted molar refractivity (Wildman–Crippen MR) is 87.3 cm³/mol. The van der Waals surface area contributed by atoms with E-state index < -0.39 is 0 Å². The number of hydrogen-bond acceptors (Lipinski definition) is 3.